The summed E-state index contributed by atoms with van der Waals surface area (Å²) in [6.07, 6.45) is 2.02. The molecule has 1 amide bonds. The van der Waals surface area contributed by atoms with Crippen LogP contribution in [0.15, 0.2) is 57.7 Å². The molecule has 0 atom stereocenters. The second-order valence-corrected chi connectivity index (χ2v) is 7.17. The lowest BCUT2D eigenvalue weighted by Crippen LogP contribution is -2.27. The summed E-state index contributed by atoms with van der Waals surface area (Å²) in [6.45, 7) is 7.54. The molecule has 1 heterocycles. The molecule has 0 saturated heterocycles. The molecule has 4 nitrogen and oxygen atoms in total. The predicted molar refractivity (Wildman–Crippen MR) is 117 cm³/mol. The van der Waals surface area contributed by atoms with E-state index in [0.29, 0.717) is 23.5 Å². The summed E-state index contributed by atoms with van der Waals surface area (Å²) in [4.78, 5) is 26.4. The average Bonchev–Trinajstić information content (AvgIpc) is 2.71. The highest BCUT2D eigenvalue weighted by atomic mass is 16.3. The van der Waals surface area contributed by atoms with Gasteiger partial charge in [-0.15, -0.1) is 0 Å². The maximum atomic E-state index is 13.2. The maximum Gasteiger partial charge on any atom is 0.263 e. The Morgan fingerprint density at radius 1 is 0.897 bits per heavy atom. The molecule has 3 rings (SSSR count). The van der Waals surface area contributed by atoms with Crippen molar-refractivity contribution in [1.82, 2.24) is 0 Å². The zero-order valence-corrected chi connectivity index (χ0v) is 17.5. The van der Waals surface area contributed by atoms with Gasteiger partial charge >= 0.3 is 0 Å². The molecule has 150 valence electrons. The van der Waals surface area contributed by atoms with Gasteiger partial charge in [0.1, 0.15) is 17.1 Å². The second-order valence-electron chi connectivity index (χ2n) is 7.17. The molecule has 0 radical (unpaired) electrons. The lowest BCUT2D eigenvalue weighted by Gasteiger charge is -2.16. The molecule has 0 spiro atoms. The van der Waals surface area contributed by atoms with E-state index in [4.69, 9.17) is 4.42 Å². The monoisotopic (exact) mass is 389 g/mol. The van der Waals surface area contributed by atoms with Crippen LogP contribution in [0.3, 0.4) is 0 Å². The molecule has 1 aromatic heterocycles. The van der Waals surface area contributed by atoms with E-state index in [-0.39, 0.29) is 11.0 Å². The van der Waals surface area contributed by atoms with Gasteiger partial charge in [-0.25, -0.2) is 0 Å². The number of amides is 1. The minimum Gasteiger partial charge on any atom is -0.465 e. The molecule has 3 aromatic rings. The second kappa shape index (κ2) is 8.91. The van der Waals surface area contributed by atoms with Gasteiger partial charge in [0.05, 0.1) is 0 Å². The number of carbonyl (C=O) groups is 1. The van der Waals surface area contributed by atoms with Crippen LogP contribution < -0.4 is 10.7 Å². The normalized spacial score (nSPS) is 10.8. The zero-order chi connectivity index (χ0) is 21.0. The number of benzene rings is 2. The van der Waals surface area contributed by atoms with Crippen LogP contribution in [0, 0.1) is 13.8 Å². The van der Waals surface area contributed by atoms with E-state index in [1.54, 1.807) is 13.8 Å². The zero-order valence-electron chi connectivity index (χ0n) is 17.5. The first-order valence-corrected chi connectivity index (χ1v) is 10.0. The van der Waals surface area contributed by atoms with Crippen LogP contribution in [0.4, 0.5) is 5.69 Å². The lowest BCUT2D eigenvalue weighted by atomic mass is 10.00. The van der Waals surface area contributed by atoms with Crippen LogP contribution in [0.25, 0.3) is 0 Å². The molecule has 1 N–H and O–H groups in total. The van der Waals surface area contributed by atoms with Gasteiger partial charge in [-0.1, -0.05) is 62.4 Å². The highest BCUT2D eigenvalue weighted by Crippen LogP contribution is 2.24. The number of aryl methyl sites for hydroxylation is 4. The summed E-state index contributed by atoms with van der Waals surface area (Å²) in [5.41, 5.74) is 4.24. The Morgan fingerprint density at radius 2 is 1.52 bits per heavy atom. The van der Waals surface area contributed by atoms with Crippen molar-refractivity contribution in [2.24, 2.45) is 0 Å². The van der Waals surface area contributed by atoms with E-state index in [0.717, 1.165) is 35.2 Å². The van der Waals surface area contributed by atoms with Crippen LogP contribution in [0.5, 0.6) is 0 Å². The lowest BCUT2D eigenvalue weighted by molar-refractivity contribution is 0.102. The summed E-state index contributed by atoms with van der Waals surface area (Å²) in [6, 6.07) is 15.7. The van der Waals surface area contributed by atoms with Gasteiger partial charge in [-0.05, 0) is 43.4 Å². The minimum atomic E-state index is -0.416. The number of nitrogens with one attached hydrogen (secondary N) is 1. The van der Waals surface area contributed by atoms with Crippen molar-refractivity contribution in [3.05, 3.63) is 98.1 Å². The number of rotatable bonds is 6. The van der Waals surface area contributed by atoms with Crippen molar-refractivity contribution in [3.8, 4) is 0 Å². The Balaban J connectivity index is 2.02. The number of anilines is 1. The van der Waals surface area contributed by atoms with Crippen LogP contribution in [0.1, 0.15) is 58.0 Å². The van der Waals surface area contributed by atoms with Gasteiger partial charge in [0.2, 0.25) is 5.43 Å². The first-order valence-electron chi connectivity index (χ1n) is 10.0. The van der Waals surface area contributed by atoms with Crippen molar-refractivity contribution in [2.75, 3.05) is 5.32 Å². The third-order valence-electron chi connectivity index (χ3n) is 5.27. The molecule has 0 aliphatic rings. The van der Waals surface area contributed by atoms with Crippen LogP contribution >= 0.6 is 0 Å². The van der Waals surface area contributed by atoms with Crippen LogP contribution in [-0.4, -0.2) is 5.91 Å². The molecule has 0 aliphatic heterocycles. The van der Waals surface area contributed by atoms with Gasteiger partial charge in [0, 0.05) is 17.7 Å². The summed E-state index contributed by atoms with van der Waals surface area (Å²) in [5.74, 6) is 0.478. The minimum absolute atomic E-state index is 0.0782. The Morgan fingerprint density at radius 3 is 2.10 bits per heavy atom. The molecule has 2 aromatic carbocycles. The Kier molecular flexibility index (Phi) is 6.32. The van der Waals surface area contributed by atoms with Crippen LogP contribution in [0.2, 0.25) is 0 Å². The summed E-state index contributed by atoms with van der Waals surface area (Å²) in [5, 5.41) is 2.99. The predicted octanol–water partition coefficient (Wildman–Crippen LogP) is 5.22. The SMILES string of the molecule is CCc1cccc(CC)c1NC(=O)c1c(C)oc(C)c(Cc2ccccc2)c1=O. The first-order chi connectivity index (χ1) is 14.0. The van der Waals surface area contributed by atoms with E-state index >= 15 is 0 Å². The van der Waals surface area contributed by atoms with E-state index in [1.807, 2.05) is 62.4 Å². The van der Waals surface area contributed by atoms with Gasteiger partial charge in [0.15, 0.2) is 0 Å². The van der Waals surface area contributed by atoms with Gasteiger partial charge in [-0.3, -0.25) is 9.59 Å². The number of carbonyl (C=O) groups excluding carboxylic acids is 1. The molecule has 0 bridgehead atoms. The number of hydrogen-bond acceptors (Lipinski definition) is 3. The summed E-state index contributed by atoms with van der Waals surface area (Å²) < 4.78 is 5.80. The van der Waals surface area contributed by atoms with E-state index in [9.17, 15) is 9.59 Å². The summed E-state index contributed by atoms with van der Waals surface area (Å²) >= 11 is 0. The third-order valence-corrected chi connectivity index (χ3v) is 5.27. The van der Waals surface area contributed by atoms with Crippen molar-refractivity contribution >= 4 is 11.6 Å². The molecule has 0 fully saturated rings. The fourth-order valence-corrected chi connectivity index (χ4v) is 3.66. The number of para-hydroxylation sites is 1. The summed E-state index contributed by atoms with van der Waals surface area (Å²) in [7, 11) is 0. The Hall–Kier alpha value is -3.14. The highest BCUT2D eigenvalue weighted by Gasteiger charge is 2.22. The fourth-order valence-electron chi connectivity index (χ4n) is 3.66. The maximum absolute atomic E-state index is 13.2. The van der Waals surface area contributed by atoms with Crippen molar-refractivity contribution < 1.29 is 9.21 Å². The fraction of sp³-hybridized carbons (Fsp3) is 0.280. The largest absolute Gasteiger partial charge is 0.465 e. The third kappa shape index (κ3) is 4.32. The van der Waals surface area contributed by atoms with Crippen molar-refractivity contribution in [1.29, 1.82) is 0 Å². The molecule has 0 unspecified atom stereocenters. The first kappa shape index (κ1) is 20.6. The van der Waals surface area contributed by atoms with Crippen molar-refractivity contribution in [3.63, 3.8) is 0 Å². The Bertz CT molecular complexity index is 1060. The number of hydrogen-bond donors (Lipinski definition) is 1. The topological polar surface area (TPSA) is 59.3 Å². The molecule has 0 aliphatic carbocycles. The quantitative estimate of drug-likeness (QED) is 0.628. The van der Waals surface area contributed by atoms with Gasteiger partial charge in [0.25, 0.3) is 5.91 Å². The molecule has 29 heavy (non-hydrogen) atoms. The molecular formula is C25H27NO3. The standard InChI is InChI=1S/C25H27NO3/c1-5-19-13-10-14-20(6-2)23(19)26-25(28)22-17(4)29-16(3)21(24(22)27)15-18-11-8-7-9-12-18/h7-14H,5-6,15H2,1-4H3,(H,26,28). The van der Waals surface area contributed by atoms with E-state index < -0.39 is 5.91 Å². The van der Waals surface area contributed by atoms with Gasteiger partial charge in [-0.2, -0.15) is 0 Å². The van der Waals surface area contributed by atoms with Crippen molar-refractivity contribution in [2.45, 2.75) is 47.0 Å². The molecule has 4 heteroatoms. The highest BCUT2D eigenvalue weighted by molar-refractivity contribution is 6.05. The average molecular weight is 389 g/mol. The molecule has 0 saturated carbocycles. The van der Waals surface area contributed by atoms with Crippen LogP contribution in [-0.2, 0) is 19.3 Å². The molecular weight excluding hydrogens is 362 g/mol. The van der Waals surface area contributed by atoms with Gasteiger partial charge < -0.3 is 9.73 Å². The van der Waals surface area contributed by atoms with E-state index in [2.05, 4.69) is 5.32 Å². The Labute approximate surface area is 171 Å². The van der Waals surface area contributed by atoms with E-state index in [1.165, 1.54) is 0 Å². The smallest absolute Gasteiger partial charge is 0.263 e.